The van der Waals surface area contributed by atoms with Gasteiger partial charge in [-0.25, -0.2) is 0 Å². The molecule has 0 aromatic carbocycles. The second-order valence-electron chi connectivity index (χ2n) is 2.30. The van der Waals surface area contributed by atoms with Crippen LogP contribution in [0.25, 0.3) is 0 Å². The molecule has 0 aromatic heterocycles. The van der Waals surface area contributed by atoms with Crippen LogP contribution in [-0.2, 0) is 0 Å². The number of nitrogens with zero attached hydrogens (tertiary/aromatic N) is 1. The zero-order chi connectivity index (χ0) is 7.82. The summed E-state index contributed by atoms with van der Waals surface area (Å²) in [6, 6.07) is 0. The Balaban J connectivity index is 3.09. The van der Waals surface area contributed by atoms with Crippen LogP contribution in [0, 0.1) is 0 Å². The molecule has 0 amide bonds. The van der Waals surface area contributed by atoms with Crippen LogP contribution in [0.1, 0.15) is 33.6 Å². The summed E-state index contributed by atoms with van der Waals surface area (Å²) in [7, 11) is 0. The van der Waals surface area contributed by atoms with E-state index >= 15 is 0 Å². The fourth-order valence-corrected chi connectivity index (χ4v) is 1.79. The van der Waals surface area contributed by atoms with E-state index in [1.807, 2.05) is 11.9 Å². The lowest BCUT2D eigenvalue weighted by Crippen LogP contribution is -2.14. The van der Waals surface area contributed by atoms with Gasteiger partial charge in [0.25, 0.3) is 0 Å². The highest BCUT2D eigenvalue weighted by Gasteiger charge is 1.96. The molecule has 0 saturated carbocycles. The molecule has 0 aliphatic heterocycles. The summed E-state index contributed by atoms with van der Waals surface area (Å²) in [6.45, 7) is 9.00. The first-order chi connectivity index (χ1) is 4.85. The van der Waals surface area contributed by atoms with Crippen molar-refractivity contribution < 1.29 is 0 Å². The number of unbranched alkanes of at least 4 members (excludes halogenated alkanes) is 1. The normalized spacial score (nSPS) is 10.8. The van der Waals surface area contributed by atoms with Gasteiger partial charge in [-0.2, -0.15) is 0 Å². The van der Waals surface area contributed by atoms with Crippen LogP contribution in [0.3, 0.4) is 0 Å². The summed E-state index contributed by atoms with van der Waals surface area (Å²) >= 11 is 1.98. The van der Waals surface area contributed by atoms with Crippen molar-refractivity contribution in [3.8, 4) is 0 Å². The fourth-order valence-electron chi connectivity index (χ4n) is 0.744. The Hall–Kier alpha value is 0.310. The zero-order valence-corrected chi connectivity index (χ0v) is 8.21. The first-order valence-electron chi connectivity index (χ1n) is 4.23. The molecule has 0 fully saturated rings. The molecule has 1 nitrogen and oxygen atoms in total. The third-order valence-corrected chi connectivity index (χ3v) is 2.83. The van der Waals surface area contributed by atoms with Crippen molar-refractivity contribution in [3.05, 3.63) is 0 Å². The van der Waals surface area contributed by atoms with Gasteiger partial charge in [0.15, 0.2) is 0 Å². The molecule has 10 heavy (non-hydrogen) atoms. The number of hydrogen-bond acceptors (Lipinski definition) is 2. The maximum Gasteiger partial charge on any atom is 0.00807 e. The van der Waals surface area contributed by atoms with Crippen molar-refractivity contribution >= 4 is 11.9 Å². The van der Waals surface area contributed by atoms with E-state index in [4.69, 9.17) is 0 Å². The van der Waals surface area contributed by atoms with Gasteiger partial charge in [-0.3, -0.25) is 4.31 Å². The van der Waals surface area contributed by atoms with Gasteiger partial charge >= 0.3 is 0 Å². The molecule has 0 spiro atoms. The summed E-state index contributed by atoms with van der Waals surface area (Å²) < 4.78 is 2.40. The topological polar surface area (TPSA) is 3.24 Å². The second kappa shape index (κ2) is 7.42. The fraction of sp³-hybridized carbons (Fsp3) is 1.00. The van der Waals surface area contributed by atoms with E-state index < -0.39 is 0 Å². The molecule has 0 saturated heterocycles. The van der Waals surface area contributed by atoms with Crippen LogP contribution in [-0.4, -0.2) is 23.1 Å². The van der Waals surface area contributed by atoms with Crippen molar-refractivity contribution in [1.29, 1.82) is 0 Å². The van der Waals surface area contributed by atoms with Crippen LogP contribution in [0.15, 0.2) is 0 Å². The average molecular weight is 161 g/mol. The van der Waals surface area contributed by atoms with Gasteiger partial charge in [0.2, 0.25) is 0 Å². The predicted octanol–water partition coefficient (Wildman–Crippen LogP) is 2.78. The van der Waals surface area contributed by atoms with Gasteiger partial charge in [0, 0.05) is 18.8 Å². The Kier molecular flexibility index (Phi) is 7.65. The molecule has 0 aliphatic carbocycles. The highest BCUT2D eigenvalue weighted by molar-refractivity contribution is 7.97. The second-order valence-corrected chi connectivity index (χ2v) is 3.48. The van der Waals surface area contributed by atoms with Gasteiger partial charge in [0.1, 0.15) is 0 Å². The van der Waals surface area contributed by atoms with Crippen LogP contribution < -0.4 is 0 Å². The first-order valence-corrected chi connectivity index (χ1v) is 5.17. The number of rotatable bonds is 6. The maximum absolute atomic E-state index is 2.40. The monoisotopic (exact) mass is 161 g/mol. The molecule has 0 atom stereocenters. The van der Waals surface area contributed by atoms with E-state index in [1.165, 1.54) is 31.7 Å². The summed E-state index contributed by atoms with van der Waals surface area (Å²) in [6.07, 6.45) is 2.66. The minimum atomic E-state index is 1.17. The van der Waals surface area contributed by atoms with Crippen molar-refractivity contribution in [2.45, 2.75) is 33.6 Å². The van der Waals surface area contributed by atoms with Crippen molar-refractivity contribution in [3.63, 3.8) is 0 Å². The SMILES string of the molecule is CCCCSN(CC)CC. The molecule has 0 bridgehead atoms. The van der Waals surface area contributed by atoms with Gasteiger partial charge in [-0.05, 0) is 6.42 Å². The molecule has 0 unspecified atom stereocenters. The van der Waals surface area contributed by atoms with Crippen LogP contribution in [0.2, 0.25) is 0 Å². The lowest BCUT2D eigenvalue weighted by Gasteiger charge is -2.15. The molecule has 0 N–H and O–H groups in total. The van der Waals surface area contributed by atoms with Crippen molar-refractivity contribution in [1.82, 2.24) is 4.31 Å². The molecule has 0 radical (unpaired) electrons. The molecule has 62 valence electrons. The standard InChI is InChI=1S/C8H19NS/c1-4-7-8-10-9(5-2)6-3/h4-8H2,1-3H3. The lowest BCUT2D eigenvalue weighted by molar-refractivity contribution is 0.524. The first kappa shape index (κ1) is 10.3. The summed E-state index contributed by atoms with van der Waals surface area (Å²) in [5.74, 6) is 1.29. The molecular formula is C8H19NS. The van der Waals surface area contributed by atoms with E-state index in [0.717, 1.165) is 0 Å². The Morgan fingerprint density at radius 2 is 1.70 bits per heavy atom. The van der Waals surface area contributed by atoms with Crippen LogP contribution in [0.5, 0.6) is 0 Å². The number of hydrogen-bond donors (Lipinski definition) is 0. The van der Waals surface area contributed by atoms with E-state index in [0.29, 0.717) is 0 Å². The average Bonchev–Trinajstić information content (AvgIpc) is 1.99. The van der Waals surface area contributed by atoms with E-state index in [-0.39, 0.29) is 0 Å². The Morgan fingerprint density at radius 3 is 2.10 bits per heavy atom. The quantitative estimate of drug-likeness (QED) is 0.435. The predicted molar refractivity (Wildman–Crippen MR) is 50.3 cm³/mol. The zero-order valence-electron chi connectivity index (χ0n) is 7.39. The Morgan fingerprint density at radius 1 is 1.10 bits per heavy atom. The van der Waals surface area contributed by atoms with E-state index in [1.54, 1.807) is 0 Å². The summed E-state index contributed by atoms with van der Waals surface area (Å²) in [5, 5.41) is 0. The molecule has 0 rings (SSSR count). The van der Waals surface area contributed by atoms with Gasteiger partial charge in [-0.1, -0.05) is 39.1 Å². The largest absolute Gasteiger partial charge is 0.251 e. The summed E-state index contributed by atoms with van der Waals surface area (Å²) in [5.41, 5.74) is 0. The van der Waals surface area contributed by atoms with Crippen molar-refractivity contribution in [2.75, 3.05) is 18.8 Å². The Labute approximate surface area is 69.3 Å². The van der Waals surface area contributed by atoms with Gasteiger partial charge in [-0.15, -0.1) is 0 Å². The molecular weight excluding hydrogens is 142 g/mol. The van der Waals surface area contributed by atoms with E-state index in [2.05, 4.69) is 25.1 Å². The molecule has 0 aromatic rings. The Bertz CT molecular complexity index is 62.3. The highest BCUT2D eigenvalue weighted by Crippen LogP contribution is 2.10. The molecule has 2 heteroatoms. The van der Waals surface area contributed by atoms with Crippen LogP contribution in [0.4, 0.5) is 0 Å². The smallest absolute Gasteiger partial charge is 0.00807 e. The highest BCUT2D eigenvalue weighted by atomic mass is 32.2. The third kappa shape index (κ3) is 5.12. The molecule has 0 heterocycles. The molecule has 0 aliphatic rings. The van der Waals surface area contributed by atoms with Gasteiger partial charge in [0.05, 0.1) is 0 Å². The van der Waals surface area contributed by atoms with Gasteiger partial charge < -0.3 is 0 Å². The van der Waals surface area contributed by atoms with Crippen molar-refractivity contribution in [2.24, 2.45) is 0 Å². The minimum Gasteiger partial charge on any atom is -0.251 e. The third-order valence-electron chi connectivity index (χ3n) is 1.48. The van der Waals surface area contributed by atoms with Crippen LogP contribution >= 0.6 is 11.9 Å². The minimum absolute atomic E-state index is 1.17. The summed E-state index contributed by atoms with van der Waals surface area (Å²) in [4.78, 5) is 0. The maximum atomic E-state index is 2.40. The van der Waals surface area contributed by atoms with E-state index in [9.17, 15) is 0 Å². The lowest BCUT2D eigenvalue weighted by atomic mass is 10.4.